The molecule has 8 nitrogen and oxygen atoms in total. The van der Waals surface area contributed by atoms with Gasteiger partial charge in [0, 0.05) is 25.1 Å². The lowest BCUT2D eigenvalue weighted by atomic mass is 10.1. The number of anilines is 2. The molecule has 202 valence electrons. The highest BCUT2D eigenvalue weighted by Gasteiger charge is 2.29. The van der Waals surface area contributed by atoms with E-state index in [1.165, 1.54) is 18.2 Å². The minimum absolute atomic E-state index is 0.163. The third-order valence-electron chi connectivity index (χ3n) is 7.10. The minimum atomic E-state index is -0.510. The fourth-order valence-electron chi connectivity index (χ4n) is 5.02. The van der Waals surface area contributed by atoms with Crippen molar-refractivity contribution in [2.75, 3.05) is 37.5 Å². The number of fused-ring (bicyclic) bond motifs is 1. The van der Waals surface area contributed by atoms with Gasteiger partial charge in [0.15, 0.2) is 5.69 Å². The Labute approximate surface area is 228 Å². The molecule has 4 aromatic rings. The molecule has 2 N–H and O–H groups in total. The van der Waals surface area contributed by atoms with Crippen LogP contribution in [0.1, 0.15) is 34.5 Å². The van der Waals surface area contributed by atoms with Crippen LogP contribution in [0.2, 0.25) is 0 Å². The number of pyridine rings is 1. The largest absolute Gasteiger partial charge is 0.464 e. The summed E-state index contributed by atoms with van der Waals surface area (Å²) >= 11 is 0. The summed E-state index contributed by atoms with van der Waals surface area (Å²) < 4.78 is 12.5. The number of nitrogens with one attached hydrogen (secondary N) is 2. The Morgan fingerprint density at radius 2 is 1.77 bits per heavy atom. The van der Waals surface area contributed by atoms with E-state index < -0.39 is 5.97 Å². The van der Waals surface area contributed by atoms with E-state index in [0.717, 1.165) is 31.5 Å². The van der Waals surface area contributed by atoms with Crippen LogP contribution >= 0.6 is 0 Å². The molecule has 39 heavy (non-hydrogen) atoms. The minimum Gasteiger partial charge on any atom is -0.464 e. The van der Waals surface area contributed by atoms with Crippen molar-refractivity contribution in [1.29, 1.82) is 0 Å². The number of hydrogen-bond donors (Lipinski definition) is 2. The number of rotatable bonds is 11. The monoisotopic (exact) mass is 526 g/mol. The molecular formula is C31H34N4O4. The third-order valence-corrected chi connectivity index (χ3v) is 7.10. The molecule has 2 aromatic carbocycles. The van der Waals surface area contributed by atoms with Gasteiger partial charge in [-0.1, -0.05) is 60.7 Å². The number of benzene rings is 2. The Morgan fingerprint density at radius 3 is 2.44 bits per heavy atom. The molecule has 0 bridgehead atoms. The van der Waals surface area contributed by atoms with Gasteiger partial charge in [-0.05, 0) is 42.9 Å². The fraction of sp³-hybridized carbons (Fsp3) is 0.323. The maximum atomic E-state index is 13.2. The van der Waals surface area contributed by atoms with Gasteiger partial charge in [-0.15, -0.1) is 0 Å². The van der Waals surface area contributed by atoms with E-state index >= 15 is 0 Å². The van der Waals surface area contributed by atoms with Crippen LogP contribution in [0.25, 0.3) is 11.0 Å². The number of aryl methyl sites for hydroxylation is 2. The lowest BCUT2D eigenvalue weighted by Gasteiger charge is -2.12. The van der Waals surface area contributed by atoms with Gasteiger partial charge >= 0.3 is 5.97 Å². The highest BCUT2D eigenvalue weighted by molar-refractivity contribution is 6.11. The van der Waals surface area contributed by atoms with Crippen molar-refractivity contribution in [2.24, 2.45) is 5.92 Å². The van der Waals surface area contributed by atoms with E-state index in [4.69, 9.17) is 14.5 Å². The molecule has 1 fully saturated rings. The first kappa shape index (κ1) is 26.4. The summed E-state index contributed by atoms with van der Waals surface area (Å²) in [4.78, 5) is 31.0. The number of nitrogens with zero attached hydrogens (tertiary/aromatic N) is 2. The Balaban J connectivity index is 1.46. The molecule has 1 saturated heterocycles. The highest BCUT2D eigenvalue weighted by atomic mass is 16.5. The van der Waals surface area contributed by atoms with Crippen LogP contribution in [0.5, 0.6) is 0 Å². The standard InChI is InChI=1S/C31H34N4O4/c1-38-31(37)28-27(34-30(36)24-15-18-39-21-24)26-19-25(32-16-14-23-11-6-3-7-12-23)20-33-29(26)35(28)17-8-13-22-9-4-2-5-10-22/h2-7,9-12,19-20,24,32H,8,13-18,21H2,1H3,(H,34,36). The molecular weight excluding hydrogens is 492 g/mol. The van der Waals surface area contributed by atoms with Crippen molar-refractivity contribution >= 4 is 34.3 Å². The van der Waals surface area contributed by atoms with Gasteiger partial charge in [-0.2, -0.15) is 0 Å². The maximum Gasteiger partial charge on any atom is 0.356 e. The summed E-state index contributed by atoms with van der Waals surface area (Å²) in [5.41, 5.74) is 4.66. The van der Waals surface area contributed by atoms with E-state index in [1.54, 1.807) is 6.20 Å². The molecule has 1 aliphatic heterocycles. The van der Waals surface area contributed by atoms with Crippen molar-refractivity contribution in [3.63, 3.8) is 0 Å². The molecule has 2 aromatic heterocycles. The van der Waals surface area contributed by atoms with Crippen LogP contribution in [0.4, 0.5) is 11.4 Å². The first-order valence-electron chi connectivity index (χ1n) is 13.4. The Bertz CT molecular complexity index is 1410. The fourth-order valence-corrected chi connectivity index (χ4v) is 5.02. The van der Waals surface area contributed by atoms with Gasteiger partial charge in [-0.25, -0.2) is 9.78 Å². The Morgan fingerprint density at radius 1 is 1.05 bits per heavy atom. The number of carbonyl (C=O) groups is 2. The summed E-state index contributed by atoms with van der Waals surface area (Å²) in [5.74, 6) is -0.931. The highest BCUT2D eigenvalue weighted by Crippen LogP contribution is 2.34. The predicted molar refractivity (Wildman–Crippen MR) is 152 cm³/mol. The first-order chi connectivity index (χ1) is 19.1. The van der Waals surface area contributed by atoms with Gasteiger partial charge in [0.25, 0.3) is 0 Å². The third kappa shape index (κ3) is 6.29. The number of amides is 1. The van der Waals surface area contributed by atoms with Crippen molar-refractivity contribution in [3.8, 4) is 0 Å². The van der Waals surface area contributed by atoms with Crippen LogP contribution in [0, 0.1) is 5.92 Å². The van der Waals surface area contributed by atoms with Gasteiger partial charge in [0.2, 0.25) is 5.91 Å². The zero-order valence-electron chi connectivity index (χ0n) is 22.2. The first-order valence-corrected chi connectivity index (χ1v) is 13.4. The molecule has 0 spiro atoms. The topological polar surface area (TPSA) is 94.5 Å². The number of aromatic nitrogens is 2. The average Bonchev–Trinajstić information content (AvgIpc) is 3.61. The number of hydrogen-bond acceptors (Lipinski definition) is 6. The van der Waals surface area contributed by atoms with Crippen LogP contribution in [-0.2, 0) is 33.7 Å². The van der Waals surface area contributed by atoms with Gasteiger partial charge in [0.1, 0.15) is 5.65 Å². The van der Waals surface area contributed by atoms with Crippen LogP contribution in [0.15, 0.2) is 72.9 Å². The zero-order chi connectivity index (χ0) is 27.0. The molecule has 0 aliphatic carbocycles. The van der Waals surface area contributed by atoms with Crippen molar-refractivity contribution in [2.45, 2.75) is 32.2 Å². The second-order valence-electron chi connectivity index (χ2n) is 9.76. The summed E-state index contributed by atoms with van der Waals surface area (Å²) in [6, 6.07) is 22.4. The van der Waals surface area contributed by atoms with Gasteiger partial charge in [0.05, 0.1) is 37.2 Å². The lowest BCUT2D eigenvalue weighted by molar-refractivity contribution is -0.119. The predicted octanol–water partition coefficient (Wildman–Crippen LogP) is 5.09. The molecule has 3 heterocycles. The quantitative estimate of drug-likeness (QED) is 0.265. The summed E-state index contributed by atoms with van der Waals surface area (Å²) in [6.07, 6.45) is 4.93. The number of ether oxygens (including phenoxy) is 2. The molecule has 0 radical (unpaired) electrons. The van der Waals surface area contributed by atoms with Crippen molar-refractivity contribution < 1.29 is 19.1 Å². The van der Waals surface area contributed by atoms with E-state index in [1.807, 2.05) is 47.0 Å². The number of methoxy groups -OCH3 is 1. The van der Waals surface area contributed by atoms with Gasteiger partial charge < -0.3 is 24.7 Å². The van der Waals surface area contributed by atoms with E-state index in [9.17, 15) is 9.59 Å². The second-order valence-corrected chi connectivity index (χ2v) is 9.76. The smallest absolute Gasteiger partial charge is 0.356 e. The van der Waals surface area contributed by atoms with Gasteiger partial charge in [-0.3, -0.25) is 4.79 Å². The molecule has 1 unspecified atom stereocenters. The van der Waals surface area contributed by atoms with E-state index in [-0.39, 0.29) is 11.8 Å². The van der Waals surface area contributed by atoms with Crippen molar-refractivity contribution in [3.05, 3.63) is 89.7 Å². The molecule has 5 rings (SSSR count). The maximum absolute atomic E-state index is 13.2. The second kappa shape index (κ2) is 12.6. The van der Waals surface area contributed by atoms with Crippen LogP contribution in [-0.4, -0.2) is 48.3 Å². The zero-order valence-corrected chi connectivity index (χ0v) is 22.2. The normalized spacial score (nSPS) is 14.8. The summed E-state index contributed by atoms with van der Waals surface area (Å²) in [7, 11) is 1.36. The molecule has 1 atom stereocenters. The number of carbonyl (C=O) groups excluding carboxylic acids is 2. The SMILES string of the molecule is COC(=O)c1c(NC(=O)C2CCOC2)c2cc(NCCc3ccccc3)cnc2n1CCCc1ccccc1. The van der Waals surface area contributed by atoms with Crippen LogP contribution < -0.4 is 10.6 Å². The molecule has 1 amide bonds. The van der Waals surface area contributed by atoms with Crippen molar-refractivity contribution in [1.82, 2.24) is 9.55 Å². The molecule has 1 aliphatic rings. The Kier molecular flexibility index (Phi) is 8.53. The summed E-state index contributed by atoms with van der Waals surface area (Å²) in [5, 5.41) is 7.18. The summed E-state index contributed by atoms with van der Waals surface area (Å²) in [6.45, 7) is 2.20. The lowest BCUT2D eigenvalue weighted by Crippen LogP contribution is -2.24. The Hall–Kier alpha value is -4.17. The van der Waals surface area contributed by atoms with E-state index in [2.05, 4.69) is 34.9 Å². The molecule has 8 heteroatoms. The molecule has 0 saturated carbocycles. The average molecular weight is 527 g/mol. The van der Waals surface area contributed by atoms with E-state index in [0.29, 0.717) is 48.6 Å². The number of esters is 1. The van der Waals surface area contributed by atoms with Crippen LogP contribution in [0.3, 0.4) is 0 Å².